The van der Waals surface area contributed by atoms with E-state index in [9.17, 15) is 4.79 Å². The van der Waals surface area contributed by atoms with Gasteiger partial charge in [-0.25, -0.2) is 0 Å². The number of hydrogen-bond donors (Lipinski definition) is 1. The second kappa shape index (κ2) is 6.29. The number of thiophene rings is 1. The predicted octanol–water partition coefficient (Wildman–Crippen LogP) is 4.03. The summed E-state index contributed by atoms with van der Waals surface area (Å²) in [6, 6.07) is 9.07. The van der Waals surface area contributed by atoms with Gasteiger partial charge in [0.1, 0.15) is 0 Å². The van der Waals surface area contributed by atoms with Gasteiger partial charge in [-0.15, -0.1) is 11.3 Å². The fourth-order valence-electron chi connectivity index (χ4n) is 1.96. The highest BCUT2D eigenvalue weighted by Crippen LogP contribution is 2.21. The molecule has 2 rings (SSSR count). The molecule has 5 heteroatoms. The molecule has 1 heterocycles. The summed E-state index contributed by atoms with van der Waals surface area (Å²) in [5, 5.41) is 2.49. The van der Waals surface area contributed by atoms with E-state index in [0.29, 0.717) is 22.8 Å². The van der Waals surface area contributed by atoms with Crippen LogP contribution in [-0.2, 0) is 6.54 Å². The first-order valence-corrected chi connectivity index (χ1v) is 7.62. The van der Waals surface area contributed by atoms with Gasteiger partial charge in [0.05, 0.1) is 6.54 Å². The lowest BCUT2D eigenvalue weighted by Crippen LogP contribution is -2.36. The van der Waals surface area contributed by atoms with Gasteiger partial charge in [-0.2, -0.15) is 0 Å². The van der Waals surface area contributed by atoms with E-state index in [4.69, 9.17) is 17.3 Å². The van der Waals surface area contributed by atoms with E-state index in [-0.39, 0.29) is 11.9 Å². The first kappa shape index (κ1) is 14.9. The van der Waals surface area contributed by atoms with Crippen molar-refractivity contribution in [1.82, 2.24) is 4.90 Å². The van der Waals surface area contributed by atoms with Gasteiger partial charge < -0.3 is 10.6 Å². The Hall–Kier alpha value is -1.52. The van der Waals surface area contributed by atoms with Gasteiger partial charge in [0.25, 0.3) is 5.91 Å². The summed E-state index contributed by atoms with van der Waals surface area (Å²) in [7, 11) is 0. The summed E-state index contributed by atoms with van der Waals surface area (Å²) in [6.45, 7) is 4.60. The van der Waals surface area contributed by atoms with Crippen LogP contribution in [0, 0.1) is 0 Å². The molecule has 1 amide bonds. The second-order valence-electron chi connectivity index (χ2n) is 4.88. The maximum Gasteiger partial charge on any atom is 0.254 e. The molecule has 1 aromatic heterocycles. The summed E-state index contributed by atoms with van der Waals surface area (Å²) in [6.07, 6.45) is 0. The molecule has 0 saturated heterocycles. The molecule has 0 atom stereocenters. The maximum absolute atomic E-state index is 12.6. The second-order valence-corrected chi connectivity index (χ2v) is 6.35. The maximum atomic E-state index is 12.6. The Morgan fingerprint density at radius 3 is 2.70 bits per heavy atom. The van der Waals surface area contributed by atoms with E-state index in [1.54, 1.807) is 29.5 Å². The van der Waals surface area contributed by atoms with Crippen molar-refractivity contribution in [1.29, 1.82) is 0 Å². The summed E-state index contributed by atoms with van der Waals surface area (Å²) in [5.74, 6) is -0.0531. The van der Waals surface area contributed by atoms with Crippen molar-refractivity contribution in [2.75, 3.05) is 5.73 Å². The number of anilines is 1. The Kier molecular flexibility index (Phi) is 4.68. The summed E-state index contributed by atoms with van der Waals surface area (Å²) in [5.41, 5.74) is 6.79. The molecule has 2 aromatic rings. The Bertz CT molecular complexity index is 576. The van der Waals surface area contributed by atoms with E-state index in [0.717, 1.165) is 4.88 Å². The molecule has 0 bridgehead atoms. The normalized spacial score (nSPS) is 10.8. The molecule has 1 aromatic carbocycles. The molecule has 2 N–H and O–H groups in total. The van der Waals surface area contributed by atoms with Crippen LogP contribution in [-0.4, -0.2) is 16.8 Å². The van der Waals surface area contributed by atoms with Crippen LogP contribution in [0.25, 0.3) is 0 Å². The van der Waals surface area contributed by atoms with Crippen molar-refractivity contribution in [3.63, 3.8) is 0 Å². The Morgan fingerprint density at radius 1 is 1.40 bits per heavy atom. The third-order valence-electron chi connectivity index (χ3n) is 2.96. The van der Waals surface area contributed by atoms with Gasteiger partial charge in [0.15, 0.2) is 0 Å². The SMILES string of the molecule is CC(C)N(Cc1cccs1)C(=O)c1cc(N)cc(Cl)c1. The number of halogens is 1. The third kappa shape index (κ3) is 3.52. The van der Waals surface area contributed by atoms with E-state index in [1.807, 2.05) is 36.3 Å². The number of nitrogens with two attached hydrogens (primary N) is 1. The average molecular weight is 309 g/mol. The zero-order valence-corrected chi connectivity index (χ0v) is 13.0. The topological polar surface area (TPSA) is 46.3 Å². The highest BCUT2D eigenvalue weighted by Gasteiger charge is 2.20. The quantitative estimate of drug-likeness (QED) is 0.867. The number of nitrogen functional groups attached to an aromatic ring is 1. The number of carbonyl (C=O) groups excluding carboxylic acids is 1. The lowest BCUT2D eigenvalue weighted by atomic mass is 10.1. The van der Waals surface area contributed by atoms with Gasteiger partial charge in [-0.05, 0) is 43.5 Å². The number of hydrogen-bond acceptors (Lipinski definition) is 3. The highest BCUT2D eigenvalue weighted by molar-refractivity contribution is 7.09. The van der Waals surface area contributed by atoms with E-state index < -0.39 is 0 Å². The zero-order valence-electron chi connectivity index (χ0n) is 11.5. The zero-order chi connectivity index (χ0) is 14.7. The molecular weight excluding hydrogens is 292 g/mol. The number of carbonyl (C=O) groups is 1. The van der Waals surface area contributed by atoms with Crippen LogP contribution in [0.4, 0.5) is 5.69 Å². The molecule has 0 aliphatic rings. The summed E-state index contributed by atoms with van der Waals surface area (Å²) >= 11 is 7.62. The molecule has 0 fully saturated rings. The monoisotopic (exact) mass is 308 g/mol. The van der Waals surface area contributed by atoms with Crippen LogP contribution >= 0.6 is 22.9 Å². The van der Waals surface area contributed by atoms with Crippen molar-refractivity contribution >= 4 is 34.5 Å². The van der Waals surface area contributed by atoms with Gasteiger partial charge in [0.2, 0.25) is 0 Å². The molecule has 0 saturated carbocycles. The van der Waals surface area contributed by atoms with Crippen molar-refractivity contribution in [3.05, 3.63) is 51.2 Å². The van der Waals surface area contributed by atoms with Crippen LogP contribution in [0.5, 0.6) is 0 Å². The summed E-state index contributed by atoms with van der Waals surface area (Å²) in [4.78, 5) is 15.6. The lowest BCUT2D eigenvalue weighted by molar-refractivity contribution is 0.0692. The molecule has 0 spiro atoms. The van der Waals surface area contributed by atoms with E-state index in [1.165, 1.54) is 0 Å². The van der Waals surface area contributed by atoms with Crippen LogP contribution in [0.15, 0.2) is 35.7 Å². The Balaban J connectivity index is 2.26. The van der Waals surface area contributed by atoms with Crippen LogP contribution < -0.4 is 5.73 Å². The fraction of sp³-hybridized carbons (Fsp3) is 0.267. The molecule has 106 valence electrons. The largest absolute Gasteiger partial charge is 0.399 e. The van der Waals surface area contributed by atoms with Crippen molar-refractivity contribution in [2.45, 2.75) is 26.4 Å². The van der Waals surface area contributed by atoms with Gasteiger partial charge >= 0.3 is 0 Å². The van der Waals surface area contributed by atoms with Crippen molar-refractivity contribution in [3.8, 4) is 0 Å². The predicted molar refractivity (Wildman–Crippen MR) is 85.2 cm³/mol. The van der Waals surface area contributed by atoms with Gasteiger partial charge in [-0.3, -0.25) is 4.79 Å². The molecule has 3 nitrogen and oxygen atoms in total. The first-order valence-electron chi connectivity index (χ1n) is 6.37. The highest BCUT2D eigenvalue weighted by atomic mass is 35.5. The smallest absolute Gasteiger partial charge is 0.254 e. The average Bonchev–Trinajstić information content (AvgIpc) is 2.86. The molecule has 0 aliphatic heterocycles. The van der Waals surface area contributed by atoms with Crippen LogP contribution in [0.3, 0.4) is 0 Å². The van der Waals surface area contributed by atoms with E-state index >= 15 is 0 Å². The van der Waals surface area contributed by atoms with Gasteiger partial charge in [0, 0.05) is 27.2 Å². The fourth-order valence-corrected chi connectivity index (χ4v) is 2.91. The lowest BCUT2D eigenvalue weighted by Gasteiger charge is -2.26. The third-order valence-corrected chi connectivity index (χ3v) is 4.04. The Labute approximate surface area is 128 Å². The molecule has 0 unspecified atom stereocenters. The molecular formula is C15H17ClN2OS. The van der Waals surface area contributed by atoms with Crippen molar-refractivity contribution < 1.29 is 4.79 Å². The minimum absolute atomic E-state index is 0.0531. The minimum Gasteiger partial charge on any atom is -0.399 e. The first-order chi connectivity index (χ1) is 9.47. The van der Waals surface area contributed by atoms with Crippen LogP contribution in [0.2, 0.25) is 5.02 Å². The Morgan fingerprint density at radius 2 is 2.15 bits per heavy atom. The molecule has 20 heavy (non-hydrogen) atoms. The van der Waals surface area contributed by atoms with Crippen LogP contribution in [0.1, 0.15) is 29.1 Å². The molecule has 0 aliphatic carbocycles. The number of rotatable bonds is 4. The summed E-state index contributed by atoms with van der Waals surface area (Å²) < 4.78 is 0. The van der Waals surface area contributed by atoms with Crippen molar-refractivity contribution in [2.24, 2.45) is 0 Å². The number of benzene rings is 1. The number of amides is 1. The van der Waals surface area contributed by atoms with Gasteiger partial charge in [-0.1, -0.05) is 17.7 Å². The molecule has 0 radical (unpaired) electrons. The van der Waals surface area contributed by atoms with E-state index in [2.05, 4.69) is 0 Å². The standard InChI is InChI=1S/C15H17ClN2OS/c1-10(2)18(9-14-4-3-5-20-14)15(19)11-6-12(16)8-13(17)7-11/h3-8,10H,9,17H2,1-2H3. The number of nitrogens with zero attached hydrogens (tertiary/aromatic N) is 1. The minimum atomic E-state index is -0.0531.